The summed E-state index contributed by atoms with van der Waals surface area (Å²) in [6, 6.07) is 15.2. The second-order valence-electron chi connectivity index (χ2n) is 6.09. The molecule has 2 aromatic carbocycles. The molecule has 1 aliphatic rings. The summed E-state index contributed by atoms with van der Waals surface area (Å²) in [5.74, 6) is -1.59. The maximum absolute atomic E-state index is 12.6. The molecule has 0 saturated carbocycles. The highest BCUT2D eigenvalue weighted by Gasteiger charge is 2.35. The molecule has 0 radical (unpaired) electrons. The Bertz CT molecular complexity index is 931. The molecule has 27 heavy (non-hydrogen) atoms. The van der Waals surface area contributed by atoms with Gasteiger partial charge in [-0.05, 0) is 36.4 Å². The summed E-state index contributed by atoms with van der Waals surface area (Å²) < 4.78 is 4.72. The minimum Gasteiger partial charge on any atom is -0.465 e. The Morgan fingerprint density at radius 1 is 1.19 bits per heavy atom. The lowest BCUT2D eigenvalue weighted by Crippen LogP contribution is -2.28. The lowest BCUT2D eigenvalue weighted by atomic mass is 10.1. The van der Waals surface area contributed by atoms with Crippen LogP contribution in [0.25, 0.3) is 0 Å². The van der Waals surface area contributed by atoms with E-state index in [0.717, 1.165) is 0 Å². The first-order valence-corrected chi connectivity index (χ1v) is 8.32. The van der Waals surface area contributed by atoms with Gasteiger partial charge in [-0.3, -0.25) is 9.59 Å². The summed E-state index contributed by atoms with van der Waals surface area (Å²) >= 11 is 0. The quantitative estimate of drug-likeness (QED) is 0.841. The molecule has 0 bridgehead atoms. The van der Waals surface area contributed by atoms with Crippen molar-refractivity contribution in [3.05, 3.63) is 59.7 Å². The van der Waals surface area contributed by atoms with E-state index in [9.17, 15) is 14.4 Å². The van der Waals surface area contributed by atoms with Crippen molar-refractivity contribution in [2.45, 2.75) is 6.42 Å². The first kappa shape index (κ1) is 18.1. The molecule has 1 unspecified atom stereocenters. The van der Waals surface area contributed by atoms with Crippen LogP contribution < -0.4 is 10.2 Å². The van der Waals surface area contributed by atoms with Gasteiger partial charge in [-0.2, -0.15) is 5.26 Å². The summed E-state index contributed by atoms with van der Waals surface area (Å²) in [5, 5.41) is 11.6. The summed E-state index contributed by atoms with van der Waals surface area (Å²) in [5.41, 5.74) is 1.74. The Labute approximate surface area is 156 Å². The lowest BCUT2D eigenvalue weighted by molar-refractivity contribution is -0.122. The molecule has 136 valence electrons. The number of esters is 1. The number of carbonyl (C=O) groups excluding carboxylic acids is 3. The van der Waals surface area contributed by atoms with Crippen LogP contribution in [0.1, 0.15) is 22.3 Å². The maximum Gasteiger partial charge on any atom is 0.339 e. The smallest absolute Gasteiger partial charge is 0.339 e. The fourth-order valence-electron chi connectivity index (χ4n) is 2.96. The van der Waals surface area contributed by atoms with E-state index in [-0.39, 0.29) is 30.3 Å². The first-order chi connectivity index (χ1) is 13.0. The topological polar surface area (TPSA) is 99.5 Å². The van der Waals surface area contributed by atoms with Gasteiger partial charge in [0, 0.05) is 18.7 Å². The van der Waals surface area contributed by atoms with Gasteiger partial charge in [-0.25, -0.2) is 4.79 Å². The highest BCUT2D eigenvalue weighted by Crippen LogP contribution is 2.27. The molecule has 1 fully saturated rings. The zero-order valence-electron chi connectivity index (χ0n) is 14.6. The Morgan fingerprint density at radius 3 is 2.56 bits per heavy atom. The van der Waals surface area contributed by atoms with Gasteiger partial charge in [0.15, 0.2) is 0 Å². The number of para-hydroxylation sites is 1. The molecule has 2 aromatic rings. The highest BCUT2D eigenvalue weighted by molar-refractivity contribution is 6.06. The van der Waals surface area contributed by atoms with Crippen molar-refractivity contribution in [1.82, 2.24) is 0 Å². The summed E-state index contributed by atoms with van der Waals surface area (Å²) in [4.78, 5) is 38.3. The van der Waals surface area contributed by atoms with E-state index in [1.165, 1.54) is 12.0 Å². The predicted molar refractivity (Wildman–Crippen MR) is 98.0 cm³/mol. The van der Waals surface area contributed by atoms with E-state index in [4.69, 9.17) is 10.00 Å². The van der Waals surface area contributed by atoms with E-state index in [2.05, 4.69) is 5.32 Å². The first-order valence-electron chi connectivity index (χ1n) is 8.32. The lowest BCUT2D eigenvalue weighted by Gasteiger charge is -2.17. The van der Waals surface area contributed by atoms with Crippen LogP contribution in [0.2, 0.25) is 0 Å². The van der Waals surface area contributed by atoms with E-state index >= 15 is 0 Å². The number of carbonyl (C=O) groups is 3. The average molecular weight is 363 g/mol. The van der Waals surface area contributed by atoms with Crippen LogP contribution in [-0.2, 0) is 14.3 Å². The fourth-order valence-corrected chi connectivity index (χ4v) is 2.96. The van der Waals surface area contributed by atoms with Gasteiger partial charge >= 0.3 is 5.97 Å². The number of ether oxygens (including phenoxy) is 1. The zero-order valence-corrected chi connectivity index (χ0v) is 14.6. The fraction of sp³-hybridized carbons (Fsp3) is 0.200. The molecule has 0 aliphatic carbocycles. The van der Waals surface area contributed by atoms with Crippen molar-refractivity contribution in [1.29, 1.82) is 5.26 Å². The van der Waals surface area contributed by atoms with Crippen molar-refractivity contribution in [3.8, 4) is 6.07 Å². The summed E-state index contributed by atoms with van der Waals surface area (Å²) in [7, 11) is 1.27. The molecular weight excluding hydrogens is 346 g/mol. The van der Waals surface area contributed by atoms with Crippen LogP contribution in [0.3, 0.4) is 0 Å². The molecule has 1 atom stereocenters. The third-order valence-electron chi connectivity index (χ3n) is 4.39. The maximum atomic E-state index is 12.6. The van der Waals surface area contributed by atoms with Crippen molar-refractivity contribution in [2.24, 2.45) is 5.92 Å². The van der Waals surface area contributed by atoms with Crippen molar-refractivity contribution in [2.75, 3.05) is 23.9 Å². The molecule has 7 nitrogen and oxygen atoms in total. The largest absolute Gasteiger partial charge is 0.465 e. The van der Waals surface area contributed by atoms with E-state index in [1.54, 1.807) is 48.5 Å². The van der Waals surface area contributed by atoms with E-state index in [1.807, 2.05) is 6.07 Å². The Morgan fingerprint density at radius 2 is 1.89 bits per heavy atom. The second-order valence-corrected chi connectivity index (χ2v) is 6.09. The predicted octanol–water partition coefficient (Wildman–Crippen LogP) is 2.34. The number of benzene rings is 2. The highest BCUT2D eigenvalue weighted by atomic mass is 16.5. The number of methoxy groups -OCH3 is 1. The molecule has 7 heteroatoms. The van der Waals surface area contributed by atoms with Gasteiger partial charge in [0.05, 0.1) is 35.9 Å². The monoisotopic (exact) mass is 363 g/mol. The van der Waals surface area contributed by atoms with Crippen LogP contribution in [0.15, 0.2) is 48.5 Å². The minimum atomic E-state index is -0.549. The molecule has 1 N–H and O–H groups in total. The molecule has 0 spiro atoms. The van der Waals surface area contributed by atoms with Crippen LogP contribution in [-0.4, -0.2) is 31.4 Å². The zero-order chi connectivity index (χ0) is 19.4. The number of anilines is 2. The van der Waals surface area contributed by atoms with Gasteiger partial charge < -0.3 is 15.0 Å². The van der Waals surface area contributed by atoms with Gasteiger partial charge in [-0.1, -0.05) is 12.1 Å². The number of nitrogens with zero attached hydrogens (tertiary/aromatic N) is 2. The SMILES string of the molecule is COC(=O)c1ccccc1NC(=O)C1CC(=O)N(c2ccc(C#N)cc2)C1. The van der Waals surface area contributed by atoms with Crippen molar-refractivity contribution < 1.29 is 19.1 Å². The van der Waals surface area contributed by atoms with Gasteiger partial charge in [-0.15, -0.1) is 0 Å². The number of amides is 2. The van der Waals surface area contributed by atoms with Crippen LogP contribution >= 0.6 is 0 Å². The van der Waals surface area contributed by atoms with E-state index in [0.29, 0.717) is 16.9 Å². The number of nitriles is 1. The molecule has 1 heterocycles. The van der Waals surface area contributed by atoms with Gasteiger partial charge in [0.1, 0.15) is 0 Å². The van der Waals surface area contributed by atoms with Crippen molar-refractivity contribution in [3.63, 3.8) is 0 Å². The van der Waals surface area contributed by atoms with Gasteiger partial charge in [0.2, 0.25) is 11.8 Å². The van der Waals surface area contributed by atoms with Crippen LogP contribution in [0.4, 0.5) is 11.4 Å². The molecule has 2 amide bonds. The minimum absolute atomic E-state index is 0.0756. The van der Waals surface area contributed by atoms with Gasteiger partial charge in [0.25, 0.3) is 0 Å². The Balaban J connectivity index is 1.73. The summed E-state index contributed by atoms with van der Waals surface area (Å²) in [6.45, 7) is 0.233. The Hall–Kier alpha value is -3.66. The van der Waals surface area contributed by atoms with Crippen LogP contribution in [0, 0.1) is 17.2 Å². The number of hydrogen-bond donors (Lipinski definition) is 1. The number of rotatable bonds is 4. The Kier molecular flexibility index (Phi) is 5.18. The second kappa shape index (κ2) is 7.70. The van der Waals surface area contributed by atoms with E-state index < -0.39 is 11.9 Å². The number of hydrogen-bond acceptors (Lipinski definition) is 5. The van der Waals surface area contributed by atoms with Crippen LogP contribution in [0.5, 0.6) is 0 Å². The average Bonchev–Trinajstić information content (AvgIpc) is 3.09. The third-order valence-corrected chi connectivity index (χ3v) is 4.39. The third kappa shape index (κ3) is 3.80. The molecule has 0 aromatic heterocycles. The molecule has 1 aliphatic heterocycles. The standard InChI is InChI=1S/C20H17N3O4/c1-27-20(26)16-4-2-3-5-17(16)22-19(25)14-10-18(24)23(12-14)15-8-6-13(11-21)7-9-15/h2-9,14H,10,12H2,1H3,(H,22,25). The normalized spacial score (nSPS) is 15.9. The number of nitrogens with one attached hydrogen (secondary N) is 1. The molecular formula is C20H17N3O4. The van der Waals surface area contributed by atoms with Crippen molar-refractivity contribution >= 4 is 29.2 Å². The summed E-state index contributed by atoms with van der Waals surface area (Å²) in [6.07, 6.45) is 0.0756. The molecule has 1 saturated heterocycles. The molecule has 3 rings (SSSR count).